The van der Waals surface area contributed by atoms with Crippen LogP contribution in [0.2, 0.25) is 0 Å². The van der Waals surface area contributed by atoms with E-state index in [0.717, 1.165) is 22.0 Å². The molecule has 130 valence electrons. The van der Waals surface area contributed by atoms with E-state index in [2.05, 4.69) is 29.2 Å². The number of nitrogens with zero attached hydrogens (tertiary/aromatic N) is 3. The molecule has 6 heteroatoms. The molecule has 0 aliphatic heterocycles. The average Bonchev–Trinajstić information content (AvgIpc) is 3.15. The van der Waals surface area contributed by atoms with Crippen molar-refractivity contribution in [1.29, 1.82) is 0 Å². The Morgan fingerprint density at radius 3 is 2.72 bits per heavy atom. The first kappa shape index (κ1) is 17.4. The third-order valence-corrected chi connectivity index (χ3v) is 4.94. The minimum atomic E-state index is -0.0742. The number of thiazole rings is 1. The molecular formula is C19H22N4OS. The van der Waals surface area contributed by atoms with E-state index in [1.807, 2.05) is 53.4 Å². The molecule has 0 aliphatic rings. The number of hydrogen-bond acceptors (Lipinski definition) is 4. The quantitative estimate of drug-likeness (QED) is 0.728. The predicted molar refractivity (Wildman–Crippen MR) is 101 cm³/mol. The van der Waals surface area contributed by atoms with Gasteiger partial charge < -0.3 is 5.32 Å². The van der Waals surface area contributed by atoms with Crippen LogP contribution >= 0.6 is 11.3 Å². The molecule has 3 aromatic rings. The van der Waals surface area contributed by atoms with Crippen LogP contribution in [0.15, 0.2) is 41.8 Å². The Morgan fingerprint density at radius 2 is 2.04 bits per heavy atom. The van der Waals surface area contributed by atoms with Gasteiger partial charge in [0.25, 0.3) is 0 Å². The smallest absolute Gasteiger partial charge is 0.231 e. The van der Waals surface area contributed by atoms with Gasteiger partial charge in [0.05, 0.1) is 29.4 Å². The highest BCUT2D eigenvalue weighted by atomic mass is 32.1. The Hall–Kier alpha value is -2.47. The summed E-state index contributed by atoms with van der Waals surface area (Å²) < 4.78 is 1.82. The number of amides is 1. The van der Waals surface area contributed by atoms with Crippen LogP contribution in [0.5, 0.6) is 0 Å². The third-order valence-electron chi connectivity index (χ3n) is 3.75. The number of rotatable bonds is 6. The maximum atomic E-state index is 12.4. The van der Waals surface area contributed by atoms with Gasteiger partial charge >= 0.3 is 0 Å². The summed E-state index contributed by atoms with van der Waals surface area (Å²) in [5.74, 6) is 1.03. The van der Waals surface area contributed by atoms with E-state index < -0.39 is 0 Å². The standard InChI is InChI=1S/C19H22N4OS/c1-13(2)19-20-16(12-25-19)10-18(24)21-17-9-14(3)22-23(17)11-15-7-5-4-6-8-15/h4-9,12-13H,10-11H2,1-3H3,(H,21,24). The molecule has 25 heavy (non-hydrogen) atoms. The van der Waals surface area contributed by atoms with Gasteiger partial charge in [0.1, 0.15) is 5.82 Å². The highest BCUT2D eigenvalue weighted by Crippen LogP contribution is 2.20. The van der Waals surface area contributed by atoms with E-state index >= 15 is 0 Å². The molecule has 0 atom stereocenters. The zero-order valence-corrected chi connectivity index (χ0v) is 15.5. The molecule has 0 saturated carbocycles. The zero-order chi connectivity index (χ0) is 17.8. The molecule has 0 unspecified atom stereocenters. The molecule has 1 amide bonds. The van der Waals surface area contributed by atoms with Gasteiger partial charge in [-0.3, -0.25) is 4.79 Å². The SMILES string of the molecule is Cc1cc(NC(=O)Cc2csc(C(C)C)n2)n(Cc2ccccc2)n1. The Morgan fingerprint density at radius 1 is 1.28 bits per heavy atom. The minimum Gasteiger partial charge on any atom is -0.311 e. The molecule has 5 nitrogen and oxygen atoms in total. The molecule has 0 bridgehead atoms. The average molecular weight is 354 g/mol. The molecule has 0 spiro atoms. The molecule has 0 fully saturated rings. The van der Waals surface area contributed by atoms with Crippen molar-refractivity contribution in [2.24, 2.45) is 0 Å². The second-order valence-electron chi connectivity index (χ2n) is 6.37. The molecule has 0 radical (unpaired) electrons. The first-order valence-corrected chi connectivity index (χ1v) is 9.22. The predicted octanol–water partition coefficient (Wildman–Crippen LogP) is 4.00. The van der Waals surface area contributed by atoms with Gasteiger partial charge in [-0.25, -0.2) is 9.67 Å². The van der Waals surface area contributed by atoms with Crippen LogP contribution in [0.1, 0.15) is 41.7 Å². The number of carbonyl (C=O) groups excluding carboxylic acids is 1. The van der Waals surface area contributed by atoms with Crippen LogP contribution in [0.4, 0.5) is 5.82 Å². The van der Waals surface area contributed by atoms with E-state index in [-0.39, 0.29) is 12.3 Å². The van der Waals surface area contributed by atoms with Crippen molar-refractivity contribution in [3.05, 3.63) is 63.7 Å². The largest absolute Gasteiger partial charge is 0.311 e. The molecule has 1 aromatic carbocycles. The number of anilines is 1. The third kappa shape index (κ3) is 4.54. The van der Waals surface area contributed by atoms with Gasteiger partial charge in [-0.15, -0.1) is 11.3 Å². The molecule has 2 aromatic heterocycles. The van der Waals surface area contributed by atoms with Crippen LogP contribution < -0.4 is 5.32 Å². The van der Waals surface area contributed by atoms with Crippen molar-refractivity contribution in [1.82, 2.24) is 14.8 Å². The van der Waals surface area contributed by atoms with Gasteiger partial charge in [0, 0.05) is 17.4 Å². The summed E-state index contributed by atoms with van der Waals surface area (Å²) in [6, 6.07) is 12.0. The lowest BCUT2D eigenvalue weighted by atomic mass is 10.2. The van der Waals surface area contributed by atoms with E-state index in [4.69, 9.17) is 0 Å². The van der Waals surface area contributed by atoms with Gasteiger partial charge in [-0.2, -0.15) is 5.10 Å². The van der Waals surface area contributed by atoms with Crippen LogP contribution in [0.25, 0.3) is 0 Å². The van der Waals surface area contributed by atoms with Crippen molar-refractivity contribution in [3.63, 3.8) is 0 Å². The number of benzene rings is 1. The summed E-state index contributed by atoms with van der Waals surface area (Å²) in [5, 5.41) is 10.5. The number of hydrogen-bond donors (Lipinski definition) is 1. The van der Waals surface area contributed by atoms with Crippen molar-refractivity contribution in [2.75, 3.05) is 5.32 Å². The van der Waals surface area contributed by atoms with Gasteiger partial charge in [0.2, 0.25) is 5.91 Å². The molecule has 2 heterocycles. The second kappa shape index (κ2) is 7.61. The normalized spacial score (nSPS) is 11.0. The van der Waals surface area contributed by atoms with Crippen molar-refractivity contribution in [2.45, 2.75) is 39.7 Å². The van der Waals surface area contributed by atoms with Crippen molar-refractivity contribution >= 4 is 23.1 Å². The fourth-order valence-corrected chi connectivity index (χ4v) is 3.38. The maximum Gasteiger partial charge on any atom is 0.231 e. The fraction of sp³-hybridized carbons (Fsp3) is 0.316. The lowest BCUT2D eigenvalue weighted by Gasteiger charge is -2.08. The van der Waals surface area contributed by atoms with E-state index in [9.17, 15) is 4.79 Å². The van der Waals surface area contributed by atoms with E-state index in [1.165, 1.54) is 0 Å². The summed E-state index contributed by atoms with van der Waals surface area (Å²) in [6.07, 6.45) is 0.277. The Kier molecular flexibility index (Phi) is 5.28. The molecule has 0 aliphatic carbocycles. The van der Waals surface area contributed by atoms with Crippen LogP contribution in [0, 0.1) is 6.92 Å². The Labute approximate surface area is 151 Å². The van der Waals surface area contributed by atoms with Crippen molar-refractivity contribution in [3.8, 4) is 0 Å². The van der Waals surface area contributed by atoms with Crippen molar-refractivity contribution < 1.29 is 4.79 Å². The number of aromatic nitrogens is 3. The Balaban J connectivity index is 1.68. The molecular weight excluding hydrogens is 332 g/mol. The second-order valence-corrected chi connectivity index (χ2v) is 7.26. The molecule has 3 rings (SSSR count). The highest BCUT2D eigenvalue weighted by molar-refractivity contribution is 7.09. The Bertz CT molecular complexity index is 851. The van der Waals surface area contributed by atoms with Gasteiger partial charge in [-0.05, 0) is 12.5 Å². The fourth-order valence-electron chi connectivity index (χ4n) is 2.54. The van der Waals surface area contributed by atoms with E-state index in [1.54, 1.807) is 11.3 Å². The van der Waals surface area contributed by atoms with Crippen LogP contribution in [0.3, 0.4) is 0 Å². The minimum absolute atomic E-state index is 0.0742. The summed E-state index contributed by atoms with van der Waals surface area (Å²) in [4.78, 5) is 16.9. The lowest BCUT2D eigenvalue weighted by Crippen LogP contribution is -2.18. The number of aryl methyl sites for hydroxylation is 1. The van der Waals surface area contributed by atoms with Gasteiger partial charge in [-0.1, -0.05) is 44.2 Å². The first-order valence-electron chi connectivity index (χ1n) is 8.34. The lowest BCUT2D eigenvalue weighted by molar-refractivity contribution is -0.115. The van der Waals surface area contributed by atoms with Crippen LogP contribution in [-0.2, 0) is 17.8 Å². The van der Waals surface area contributed by atoms with E-state index in [0.29, 0.717) is 18.3 Å². The number of nitrogens with one attached hydrogen (secondary N) is 1. The summed E-state index contributed by atoms with van der Waals surface area (Å²) in [7, 11) is 0. The molecule has 1 N–H and O–H groups in total. The first-order chi connectivity index (χ1) is 12.0. The summed E-state index contributed by atoms with van der Waals surface area (Å²) >= 11 is 1.61. The van der Waals surface area contributed by atoms with Crippen LogP contribution in [-0.4, -0.2) is 20.7 Å². The number of carbonyl (C=O) groups is 1. The summed E-state index contributed by atoms with van der Waals surface area (Å²) in [6.45, 7) is 6.76. The highest BCUT2D eigenvalue weighted by Gasteiger charge is 2.13. The maximum absolute atomic E-state index is 12.4. The van der Waals surface area contributed by atoms with Gasteiger partial charge in [0.15, 0.2) is 0 Å². The summed E-state index contributed by atoms with van der Waals surface area (Å²) in [5.41, 5.74) is 2.83. The molecule has 0 saturated heterocycles. The zero-order valence-electron chi connectivity index (χ0n) is 14.7. The topological polar surface area (TPSA) is 59.8 Å². The monoisotopic (exact) mass is 354 g/mol.